The van der Waals surface area contributed by atoms with Gasteiger partial charge in [-0.3, -0.25) is 4.79 Å². The summed E-state index contributed by atoms with van der Waals surface area (Å²) in [6, 6.07) is 4.95. The second-order valence-corrected chi connectivity index (χ2v) is 4.59. The molecule has 0 aromatic heterocycles. The maximum absolute atomic E-state index is 12.6. The summed E-state index contributed by atoms with van der Waals surface area (Å²) < 4.78 is 42.6. The van der Waals surface area contributed by atoms with Crippen LogP contribution >= 0.6 is 0 Å². The molecule has 0 aliphatic carbocycles. The Bertz CT molecular complexity index is 483. The monoisotopic (exact) mass is 302 g/mol. The summed E-state index contributed by atoms with van der Waals surface area (Å²) in [6.45, 7) is 1.86. The van der Waals surface area contributed by atoms with E-state index in [4.69, 9.17) is 4.74 Å². The molecule has 0 aliphatic heterocycles. The molecule has 0 saturated heterocycles. The standard InChI is InChI=1S/C15H17F3O3/c1-2-21-14(20)12(8-9-19)7-6-11-4-3-5-13(10-11)15(16,17)18/h3-5,9-10,12H,2,6-8H2,1H3. The normalized spacial score (nSPS) is 12.8. The summed E-state index contributed by atoms with van der Waals surface area (Å²) >= 11 is 0. The van der Waals surface area contributed by atoms with Crippen LogP contribution in [0.15, 0.2) is 24.3 Å². The number of esters is 1. The summed E-state index contributed by atoms with van der Waals surface area (Å²) in [5.74, 6) is -1.10. The zero-order valence-electron chi connectivity index (χ0n) is 11.7. The van der Waals surface area contributed by atoms with Crippen molar-refractivity contribution in [3.63, 3.8) is 0 Å². The fourth-order valence-corrected chi connectivity index (χ4v) is 1.95. The van der Waals surface area contributed by atoms with Gasteiger partial charge < -0.3 is 9.53 Å². The van der Waals surface area contributed by atoms with Crippen LogP contribution in [0.1, 0.15) is 30.9 Å². The highest BCUT2D eigenvalue weighted by molar-refractivity contribution is 5.75. The van der Waals surface area contributed by atoms with Crippen LogP contribution in [0.5, 0.6) is 0 Å². The van der Waals surface area contributed by atoms with Crippen LogP contribution in [0.2, 0.25) is 0 Å². The van der Waals surface area contributed by atoms with Crippen LogP contribution in [0.25, 0.3) is 0 Å². The number of ether oxygens (including phenoxy) is 1. The molecule has 116 valence electrons. The van der Waals surface area contributed by atoms with Crippen LogP contribution in [0, 0.1) is 5.92 Å². The number of aryl methyl sites for hydroxylation is 1. The SMILES string of the molecule is CCOC(=O)C(CC=O)CCc1cccc(C(F)(F)F)c1. The Morgan fingerprint density at radius 1 is 1.38 bits per heavy atom. The van der Waals surface area contributed by atoms with E-state index in [1.807, 2.05) is 0 Å². The van der Waals surface area contributed by atoms with Crippen LogP contribution in [-0.4, -0.2) is 18.9 Å². The molecule has 1 aromatic rings. The van der Waals surface area contributed by atoms with Gasteiger partial charge in [0.2, 0.25) is 0 Å². The third kappa shape index (κ3) is 5.57. The van der Waals surface area contributed by atoms with E-state index in [9.17, 15) is 22.8 Å². The molecule has 1 rings (SSSR count). The maximum atomic E-state index is 12.6. The summed E-state index contributed by atoms with van der Waals surface area (Å²) in [5.41, 5.74) is -0.243. The summed E-state index contributed by atoms with van der Waals surface area (Å²) in [4.78, 5) is 22.2. The first-order valence-electron chi connectivity index (χ1n) is 6.65. The van der Waals surface area contributed by atoms with Crippen molar-refractivity contribution in [1.82, 2.24) is 0 Å². The Balaban J connectivity index is 2.71. The van der Waals surface area contributed by atoms with E-state index in [2.05, 4.69) is 0 Å². The lowest BCUT2D eigenvalue weighted by molar-refractivity contribution is -0.149. The Kier molecular flexibility index (Phi) is 6.39. The van der Waals surface area contributed by atoms with Gasteiger partial charge in [0, 0.05) is 6.42 Å². The third-order valence-corrected chi connectivity index (χ3v) is 3.04. The predicted octanol–water partition coefficient (Wildman–Crippen LogP) is 3.41. The summed E-state index contributed by atoms with van der Waals surface area (Å²) in [7, 11) is 0. The largest absolute Gasteiger partial charge is 0.466 e. The number of aldehydes is 1. The molecular formula is C15H17F3O3. The van der Waals surface area contributed by atoms with Crippen molar-refractivity contribution < 1.29 is 27.5 Å². The second kappa shape index (κ2) is 7.81. The molecule has 21 heavy (non-hydrogen) atoms. The van der Waals surface area contributed by atoms with Crippen molar-refractivity contribution in [3.05, 3.63) is 35.4 Å². The van der Waals surface area contributed by atoms with Crippen molar-refractivity contribution in [3.8, 4) is 0 Å². The lowest BCUT2D eigenvalue weighted by Crippen LogP contribution is -2.19. The maximum Gasteiger partial charge on any atom is 0.416 e. The third-order valence-electron chi connectivity index (χ3n) is 3.04. The Morgan fingerprint density at radius 3 is 2.67 bits per heavy atom. The predicted molar refractivity (Wildman–Crippen MR) is 70.6 cm³/mol. The molecule has 1 aromatic carbocycles. The molecule has 1 atom stereocenters. The van der Waals surface area contributed by atoms with Gasteiger partial charge in [0.05, 0.1) is 18.1 Å². The minimum Gasteiger partial charge on any atom is -0.466 e. The van der Waals surface area contributed by atoms with E-state index in [0.29, 0.717) is 11.8 Å². The summed E-state index contributed by atoms with van der Waals surface area (Å²) in [6.07, 6.45) is -3.20. The van der Waals surface area contributed by atoms with E-state index in [1.54, 1.807) is 13.0 Å². The van der Waals surface area contributed by atoms with Gasteiger partial charge in [-0.25, -0.2) is 0 Å². The minimum atomic E-state index is -4.39. The number of benzene rings is 1. The Hall–Kier alpha value is -1.85. The molecule has 0 amide bonds. The first-order chi connectivity index (χ1) is 9.88. The van der Waals surface area contributed by atoms with Gasteiger partial charge in [-0.1, -0.05) is 18.2 Å². The zero-order valence-corrected chi connectivity index (χ0v) is 11.7. The van der Waals surface area contributed by atoms with Gasteiger partial charge in [0.15, 0.2) is 0 Å². The average Bonchev–Trinajstić information content (AvgIpc) is 2.43. The number of hydrogen-bond donors (Lipinski definition) is 0. The number of carbonyl (C=O) groups excluding carboxylic acids is 2. The van der Waals surface area contributed by atoms with E-state index in [-0.39, 0.29) is 25.9 Å². The smallest absolute Gasteiger partial charge is 0.416 e. The van der Waals surface area contributed by atoms with Gasteiger partial charge in [-0.2, -0.15) is 13.2 Å². The molecule has 0 N–H and O–H groups in total. The molecule has 0 radical (unpaired) electrons. The number of rotatable bonds is 7. The number of halogens is 3. The van der Waals surface area contributed by atoms with Gasteiger partial charge in [0.1, 0.15) is 6.29 Å². The Labute approximate surface area is 121 Å². The lowest BCUT2D eigenvalue weighted by Gasteiger charge is -2.13. The van der Waals surface area contributed by atoms with Crippen molar-refractivity contribution in [2.45, 2.75) is 32.4 Å². The summed E-state index contributed by atoms with van der Waals surface area (Å²) in [5, 5.41) is 0. The zero-order chi connectivity index (χ0) is 15.9. The van der Waals surface area contributed by atoms with Crippen molar-refractivity contribution in [2.75, 3.05) is 6.61 Å². The Morgan fingerprint density at radius 2 is 2.10 bits per heavy atom. The number of alkyl halides is 3. The molecule has 3 nitrogen and oxygen atoms in total. The fraction of sp³-hybridized carbons (Fsp3) is 0.467. The molecule has 0 spiro atoms. The molecule has 0 fully saturated rings. The highest BCUT2D eigenvalue weighted by Crippen LogP contribution is 2.30. The van der Waals surface area contributed by atoms with Crippen molar-refractivity contribution >= 4 is 12.3 Å². The second-order valence-electron chi connectivity index (χ2n) is 4.59. The van der Waals surface area contributed by atoms with Gasteiger partial charge in [-0.15, -0.1) is 0 Å². The molecule has 0 heterocycles. The average molecular weight is 302 g/mol. The van der Waals surface area contributed by atoms with Crippen molar-refractivity contribution in [2.24, 2.45) is 5.92 Å². The highest BCUT2D eigenvalue weighted by Gasteiger charge is 2.30. The van der Waals surface area contributed by atoms with E-state index >= 15 is 0 Å². The van der Waals surface area contributed by atoms with Crippen LogP contribution in [0.3, 0.4) is 0 Å². The van der Waals surface area contributed by atoms with Gasteiger partial charge >= 0.3 is 12.1 Å². The van der Waals surface area contributed by atoms with Crippen molar-refractivity contribution in [1.29, 1.82) is 0 Å². The quantitative estimate of drug-likeness (QED) is 0.572. The molecule has 0 bridgehead atoms. The molecule has 6 heteroatoms. The fourth-order valence-electron chi connectivity index (χ4n) is 1.95. The molecule has 0 saturated carbocycles. The van der Waals surface area contributed by atoms with Gasteiger partial charge in [-0.05, 0) is 31.4 Å². The lowest BCUT2D eigenvalue weighted by atomic mass is 9.96. The molecule has 1 unspecified atom stereocenters. The first-order valence-corrected chi connectivity index (χ1v) is 6.65. The minimum absolute atomic E-state index is 0.0117. The number of hydrogen-bond acceptors (Lipinski definition) is 3. The van der Waals surface area contributed by atoms with E-state index in [0.717, 1.165) is 12.1 Å². The van der Waals surface area contributed by atoms with Crippen LogP contribution in [-0.2, 0) is 26.9 Å². The number of carbonyl (C=O) groups is 2. The highest BCUT2D eigenvalue weighted by atomic mass is 19.4. The van der Waals surface area contributed by atoms with E-state index < -0.39 is 23.6 Å². The van der Waals surface area contributed by atoms with E-state index in [1.165, 1.54) is 6.07 Å². The molecule has 0 aliphatic rings. The topological polar surface area (TPSA) is 43.4 Å². The van der Waals surface area contributed by atoms with Crippen LogP contribution < -0.4 is 0 Å². The van der Waals surface area contributed by atoms with Gasteiger partial charge in [0.25, 0.3) is 0 Å². The van der Waals surface area contributed by atoms with Crippen LogP contribution in [0.4, 0.5) is 13.2 Å². The molecular weight excluding hydrogens is 285 g/mol. The first kappa shape index (κ1) is 17.2.